The fourth-order valence-electron chi connectivity index (χ4n) is 1.14. The maximum absolute atomic E-state index is 12.5. The van der Waals surface area contributed by atoms with E-state index in [4.69, 9.17) is 5.11 Å². The van der Waals surface area contributed by atoms with Gasteiger partial charge in [-0.25, -0.2) is 18.6 Å². The standard InChI is InChI=1S/C9H9F2NO3/c1-4-5(9(13)14)3-6(15-2)12-7(4)8(10)11/h3,8H,1-2H3,(H,13,14). The molecule has 0 spiro atoms. The van der Waals surface area contributed by atoms with Crippen LogP contribution >= 0.6 is 0 Å². The number of carboxylic acids is 1. The van der Waals surface area contributed by atoms with Gasteiger partial charge in [-0.3, -0.25) is 0 Å². The fraction of sp³-hybridized carbons (Fsp3) is 0.333. The van der Waals surface area contributed by atoms with E-state index in [0.29, 0.717) is 0 Å². The first-order valence-corrected chi connectivity index (χ1v) is 4.04. The Balaban J connectivity index is 3.40. The largest absolute Gasteiger partial charge is 0.481 e. The summed E-state index contributed by atoms with van der Waals surface area (Å²) in [5.41, 5.74) is -0.831. The number of pyridine rings is 1. The number of alkyl halides is 2. The smallest absolute Gasteiger partial charge is 0.336 e. The average Bonchev–Trinajstić information content (AvgIpc) is 2.17. The van der Waals surface area contributed by atoms with Gasteiger partial charge in [0.1, 0.15) is 5.69 Å². The molecule has 0 fully saturated rings. The van der Waals surface area contributed by atoms with Crippen LogP contribution in [0.25, 0.3) is 0 Å². The molecule has 1 aromatic heterocycles. The normalized spacial score (nSPS) is 10.5. The second-order valence-corrected chi connectivity index (χ2v) is 2.83. The number of ether oxygens (including phenoxy) is 1. The van der Waals surface area contributed by atoms with Gasteiger partial charge < -0.3 is 9.84 Å². The van der Waals surface area contributed by atoms with Crippen molar-refractivity contribution >= 4 is 5.97 Å². The van der Waals surface area contributed by atoms with Crippen molar-refractivity contribution in [3.8, 4) is 5.88 Å². The van der Waals surface area contributed by atoms with E-state index >= 15 is 0 Å². The summed E-state index contributed by atoms with van der Waals surface area (Å²) < 4.78 is 29.6. The second kappa shape index (κ2) is 4.20. The first-order chi connectivity index (χ1) is 6.97. The summed E-state index contributed by atoms with van der Waals surface area (Å²) in [5.74, 6) is -1.41. The Hall–Kier alpha value is -1.72. The quantitative estimate of drug-likeness (QED) is 0.841. The van der Waals surface area contributed by atoms with Crippen LogP contribution in [0.1, 0.15) is 28.0 Å². The van der Waals surface area contributed by atoms with E-state index in [9.17, 15) is 13.6 Å². The summed E-state index contributed by atoms with van der Waals surface area (Å²) in [5, 5.41) is 8.76. The first kappa shape index (κ1) is 11.4. The summed E-state index contributed by atoms with van der Waals surface area (Å²) in [6.45, 7) is 1.29. The molecular formula is C9H9F2NO3. The number of carbonyl (C=O) groups is 1. The van der Waals surface area contributed by atoms with E-state index in [0.717, 1.165) is 6.07 Å². The summed E-state index contributed by atoms with van der Waals surface area (Å²) in [6.07, 6.45) is -2.82. The second-order valence-electron chi connectivity index (χ2n) is 2.83. The topological polar surface area (TPSA) is 59.4 Å². The minimum absolute atomic E-state index is 0.0432. The molecule has 82 valence electrons. The summed E-state index contributed by atoms with van der Waals surface area (Å²) in [7, 11) is 1.23. The predicted octanol–water partition coefficient (Wildman–Crippen LogP) is 2.03. The monoisotopic (exact) mass is 217 g/mol. The van der Waals surface area contributed by atoms with Crippen LogP contribution in [0.15, 0.2) is 6.07 Å². The Morgan fingerprint density at radius 3 is 2.60 bits per heavy atom. The molecule has 0 unspecified atom stereocenters. The molecule has 1 aromatic rings. The van der Waals surface area contributed by atoms with Crippen molar-refractivity contribution < 1.29 is 23.4 Å². The van der Waals surface area contributed by atoms with Crippen LogP contribution in [0.5, 0.6) is 5.88 Å². The van der Waals surface area contributed by atoms with Gasteiger partial charge in [0.15, 0.2) is 0 Å². The third-order valence-corrected chi connectivity index (χ3v) is 1.93. The Kier molecular flexibility index (Phi) is 3.18. The van der Waals surface area contributed by atoms with Gasteiger partial charge in [-0.05, 0) is 12.5 Å². The molecule has 0 aliphatic rings. The lowest BCUT2D eigenvalue weighted by Crippen LogP contribution is -2.07. The summed E-state index contributed by atoms with van der Waals surface area (Å²) in [6, 6.07) is 1.11. The maximum atomic E-state index is 12.5. The fourth-order valence-corrected chi connectivity index (χ4v) is 1.14. The van der Waals surface area contributed by atoms with Gasteiger partial charge in [-0.15, -0.1) is 0 Å². The molecule has 0 saturated heterocycles. The van der Waals surface area contributed by atoms with Crippen LogP contribution in [0.3, 0.4) is 0 Å². The van der Waals surface area contributed by atoms with Gasteiger partial charge in [-0.1, -0.05) is 0 Å². The highest BCUT2D eigenvalue weighted by Gasteiger charge is 2.20. The van der Waals surface area contributed by atoms with Crippen LogP contribution in [-0.4, -0.2) is 23.2 Å². The van der Waals surface area contributed by atoms with Gasteiger partial charge in [0, 0.05) is 6.07 Å². The number of rotatable bonds is 3. The van der Waals surface area contributed by atoms with Gasteiger partial charge >= 0.3 is 5.97 Å². The Labute approximate surface area is 84.5 Å². The van der Waals surface area contributed by atoms with E-state index in [1.165, 1.54) is 14.0 Å². The van der Waals surface area contributed by atoms with Crippen LogP contribution in [0, 0.1) is 6.92 Å². The minimum atomic E-state index is -2.82. The molecule has 0 aromatic carbocycles. The molecule has 1 heterocycles. The number of methoxy groups -OCH3 is 1. The lowest BCUT2D eigenvalue weighted by molar-refractivity contribution is 0.0694. The number of nitrogens with zero attached hydrogens (tertiary/aromatic N) is 1. The molecule has 4 nitrogen and oxygen atoms in total. The third-order valence-electron chi connectivity index (χ3n) is 1.93. The molecule has 0 atom stereocenters. The van der Waals surface area contributed by atoms with Crippen LogP contribution in [0.2, 0.25) is 0 Å². The molecule has 15 heavy (non-hydrogen) atoms. The van der Waals surface area contributed by atoms with Gasteiger partial charge in [0.25, 0.3) is 6.43 Å². The van der Waals surface area contributed by atoms with Gasteiger partial charge in [-0.2, -0.15) is 0 Å². The molecule has 0 amide bonds. The summed E-state index contributed by atoms with van der Waals surface area (Å²) >= 11 is 0. The van der Waals surface area contributed by atoms with Crippen molar-refractivity contribution in [1.29, 1.82) is 0 Å². The zero-order valence-corrected chi connectivity index (χ0v) is 8.12. The first-order valence-electron chi connectivity index (χ1n) is 4.04. The van der Waals surface area contributed by atoms with E-state index in [1.54, 1.807) is 0 Å². The molecule has 0 aliphatic carbocycles. The Morgan fingerprint density at radius 1 is 1.60 bits per heavy atom. The number of aromatic nitrogens is 1. The number of hydrogen-bond acceptors (Lipinski definition) is 3. The van der Waals surface area contributed by atoms with Crippen LogP contribution in [-0.2, 0) is 0 Å². The highest BCUT2D eigenvalue weighted by Crippen LogP contribution is 2.26. The molecule has 0 bridgehead atoms. The van der Waals surface area contributed by atoms with E-state index in [2.05, 4.69) is 9.72 Å². The van der Waals surface area contributed by atoms with Crippen molar-refractivity contribution in [2.24, 2.45) is 0 Å². The maximum Gasteiger partial charge on any atom is 0.336 e. The van der Waals surface area contributed by atoms with Gasteiger partial charge in [0.2, 0.25) is 5.88 Å². The molecular weight excluding hydrogens is 208 g/mol. The molecule has 0 radical (unpaired) electrons. The molecule has 1 N–H and O–H groups in total. The van der Waals surface area contributed by atoms with E-state index in [1.807, 2.05) is 0 Å². The highest BCUT2D eigenvalue weighted by atomic mass is 19.3. The molecule has 6 heteroatoms. The molecule has 0 saturated carbocycles. The van der Waals surface area contributed by atoms with Crippen LogP contribution < -0.4 is 4.74 Å². The number of hydrogen-bond donors (Lipinski definition) is 1. The van der Waals surface area contributed by atoms with E-state index < -0.39 is 18.1 Å². The van der Waals surface area contributed by atoms with Gasteiger partial charge in [0.05, 0.1) is 12.7 Å². The minimum Gasteiger partial charge on any atom is -0.481 e. The predicted molar refractivity (Wildman–Crippen MR) is 47.4 cm³/mol. The van der Waals surface area contributed by atoms with Crippen molar-refractivity contribution in [3.05, 3.63) is 22.9 Å². The highest BCUT2D eigenvalue weighted by molar-refractivity contribution is 5.89. The lowest BCUT2D eigenvalue weighted by Gasteiger charge is -2.09. The van der Waals surface area contributed by atoms with Crippen molar-refractivity contribution in [1.82, 2.24) is 4.98 Å². The number of aromatic carboxylic acids is 1. The van der Waals surface area contributed by atoms with Crippen molar-refractivity contribution in [2.45, 2.75) is 13.3 Å². The zero-order chi connectivity index (χ0) is 11.6. The van der Waals surface area contributed by atoms with Crippen LogP contribution in [0.4, 0.5) is 8.78 Å². The van der Waals surface area contributed by atoms with Crippen molar-refractivity contribution in [3.63, 3.8) is 0 Å². The third kappa shape index (κ3) is 2.20. The summed E-state index contributed by atoms with van der Waals surface area (Å²) in [4.78, 5) is 14.2. The zero-order valence-electron chi connectivity index (χ0n) is 8.12. The SMILES string of the molecule is COc1cc(C(=O)O)c(C)c(C(F)F)n1. The van der Waals surface area contributed by atoms with Crippen molar-refractivity contribution in [2.75, 3.05) is 7.11 Å². The molecule has 1 rings (SSSR count). The number of halogens is 2. The molecule has 0 aliphatic heterocycles. The lowest BCUT2D eigenvalue weighted by atomic mass is 10.1. The number of carboxylic acid groups (broad SMARTS) is 1. The Bertz CT molecular complexity index is 393. The van der Waals surface area contributed by atoms with E-state index in [-0.39, 0.29) is 17.0 Å². The average molecular weight is 217 g/mol. The Morgan fingerprint density at radius 2 is 2.20 bits per heavy atom.